The molecule has 1 aromatic heterocycles. The van der Waals surface area contributed by atoms with Gasteiger partial charge in [0.25, 0.3) is 0 Å². The van der Waals surface area contributed by atoms with Gasteiger partial charge in [-0.1, -0.05) is 34.1 Å². The van der Waals surface area contributed by atoms with Crippen molar-refractivity contribution in [2.75, 3.05) is 6.61 Å². The third-order valence-corrected chi connectivity index (χ3v) is 5.25. The largest absolute Gasteiger partial charge is 0.490 e. The van der Waals surface area contributed by atoms with Crippen molar-refractivity contribution in [3.8, 4) is 11.5 Å². The molecule has 0 atom stereocenters. The van der Waals surface area contributed by atoms with Crippen molar-refractivity contribution in [2.24, 2.45) is 5.10 Å². The molecule has 3 aromatic rings. The molecule has 1 N–H and O–H groups in total. The summed E-state index contributed by atoms with van der Waals surface area (Å²) in [5, 5.41) is 5.80. The zero-order valence-corrected chi connectivity index (χ0v) is 18.5. The van der Waals surface area contributed by atoms with Crippen molar-refractivity contribution in [3.05, 3.63) is 80.5 Å². The number of benzene rings is 2. The second-order valence-electron chi connectivity index (χ2n) is 6.10. The van der Waals surface area contributed by atoms with Gasteiger partial charge in [0.1, 0.15) is 4.88 Å². The average molecular weight is 487 g/mol. The van der Waals surface area contributed by atoms with Gasteiger partial charge in [0.05, 0.1) is 19.2 Å². The van der Waals surface area contributed by atoms with E-state index in [4.69, 9.17) is 9.47 Å². The number of halogens is 1. The number of ether oxygens (including phenoxy) is 2. The Balaban J connectivity index is 1.62. The highest BCUT2D eigenvalue weighted by Gasteiger charge is 2.14. The van der Waals surface area contributed by atoms with E-state index >= 15 is 0 Å². The average Bonchev–Trinajstić information content (AvgIpc) is 3.27. The van der Waals surface area contributed by atoms with Crippen LogP contribution in [0.15, 0.2) is 69.6 Å². The predicted molar refractivity (Wildman–Crippen MR) is 120 cm³/mol. The Morgan fingerprint density at radius 3 is 2.63 bits per heavy atom. The molecule has 6 nitrogen and oxygen atoms in total. The summed E-state index contributed by atoms with van der Waals surface area (Å²) < 4.78 is 12.0. The van der Waals surface area contributed by atoms with Gasteiger partial charge >= 0.3 is 5.97 Å². The third kappa shape index (κ3) is 6.27. The molecule has 0 aliphatic rings. The number of rotatable bonds is 8. The number of hydrazone groups is 1. The summed E-state index contributed by atoms with van der Waals surface area (Å²) in [4.78, 5) is 24.7. The molecule has 0 unspecified atom stereocenters. The maximum atomic E-state index is 12.2. The van der Waals surface area contributed by atoms with Crippen LogP contribution < -0.4 is 14.9 Å². The fourth-order valence-electron chi connectivity index (χ4n) is 2.51. The van der Waals surface area contributed by atoms with Crippen LogP contribution in [0.2, 0.25) is 0 Å². The van der Waals surface area contributed by atoms with E-state index < -0.39 is 5.97 Å². The topological polar surface area (TPSA) is 77.0 Å². The van der Waals surface area contributed by atoms with Gasteiger partial charge in [-0.3, -0.25) is 4.79 Å². The second-order valence-corrected chi connectivity index (χ2v) is 7.97. The highest BCUT2D eigenvalue weighted by atomic mass is 79.9. The molecule has 1 amide bonds. The highest BCUT2D eigenvalue weighted by molar-refractivity contribution is 9.10. The minimum absolute atomic E-state index is 0.222. The standard InChI is InChI=1S/C22H19BrN2O4S/c1-2-28-19-12-16(7-10-18(19)29-22(27)20-4-3-11-30-20)14-24-25-21(26)13-15-5-8-17(23)9-6-15/h3-12,14H,2,13H2,1H3,(H,25,26)/b24-14-. The Labute approximate surface area is 186 Å². The molecule has 0 aliphatic heterocycles. The number of hydrogen-bond donors (Lipinski definition) is 1. The number of nitrogens with one attached hydrogen (secondary N) is 1. The van der Waals surface area contributed by atoms with Gasteiger partial charge < -0.3 is 9.47 Å². The molecule has 0 saturated heterocycles. The Kier molecular flexibility index (Phi) is 7.75. The first kappa shape index (κ1) is 21.7. The lowest BCUT2D eigenvalue weighted by molar-refractivity contribution is -0.120. The van der Waals surface area contributed by atoms with E-state index in [2.05, 4.69) is 26.5 Å². The normalized spacial score (nSPS) is 10.7. The minimum Gasteiger partial charge on any atom is -0.490 e. The number of carbonyl (C=O) groups excluding carboxylic acids is 2. The van der Waals surface area contributed by atoms with Crippen LogP contribution in [-0.4, -0.2) is 24.7 Å². The number of nitrogens with zero attached hydrogens (tertiary/aromatic N) is 1. The molecule has 0 spiro atoms. The van der Waals surface area contributed by atoms with Crippen LogP contribution in [0, 0.1) is 0 Å². The van der Waals surface area contributed by atoms with E-state index in [0.717, 1.165) is 10.0 Å². The van der Waals surface area contributed by atoms with Crippen LogP contribution in [0.3, 0.4) is 0 Å². The highest BCUT2D eigenvalue weighted by Crippen LogP contribution is 2.29. The molecule has 2 aromatic carbocycles. The Hall–Kier alpha value is -2.97. The first-order valence-electron chi connectivity index (χ1n) is 9.14. The van der Waals surface area contributed by atoms with Crippen LogP contribution in [0.4, 0.5) is 0 Å². The smallest absolute Gasteiger partial charge is 0.353 e. The van der Waals surface area contributed by atoms with Crippen molar-refractivity contribution in [1.82, 2.24) is 5.43 Å². The number of hydrogen-bond acceptors (Lipinski definition) is 6. The molecular weight excluding hydrogens is 468 g/mol. The zero-order valence-electron chi connectivity index (χ0n) is 16.1. The van der Waals surface area contributed by atoms with E-state index in [1.54, 1.807) is 30.3 Å². The Morgan fingerprint density at radius 1 is 1.13 bits per heavy atom. The van der Waals surface area contributed by atoms with E-state index in [9.17, 15) is 9.59 Å². The summed E-state index contributed by atoms with van der Waals surface area (Å²) in [6.07, 6.45) is 1.74. The first-order valence-corrected chi connectivity index (χ1v) is 10.8. The van der Waals surface area contributed by atoms with Gasteiger partial charge in [-0.15, -0.1) is 11.3 Å². The molecule has 0 radical (unpaired) electrons. The lowest BCUT2D eigenvalue weighted by Crippen LogP contribution is -2.19. The fraction of sp³-hybridized carbons (Fsp3) is 0.136. The van der Waals surface area contributed by atoms with Crippen molar-refractivity contribution < 1.29 is 19.1 Å². The third-order valence-electron chi connectivity index (χ3n) is 3.87. The van der Waals surface area contributed by atoms with Crippen LogP contribution in [0.1, 0.15) is 27.7 Å². The van der Waals surface area contributed by atoms with Gasteiger partial charge in [0, 0.05) is 4.47 Å². The summed E-state index contributed by atoms with van der Waals surface area (Å²) >= 11 is 4.67. The number of thiophene rings is 1. The molecular formula is C22H19BrN2O4S. The van der Waals surface area contributed by atoms with E-state index in [1.807, 2.05) is 36.6 Å². The Bertz CT molecular complexity index is 1030. The van der Waals surface area contributed by atoms with Gasteiger partial charge in [-0.25, -0.2) is 10.2 Å². The summed E-state index contributed by atoms with van der Waals surface area (Å²) in [6, 6.07) is 16.1. The molecule has 0 fully saturated rings. The molecule has 30 heavy (non-hydrogen) atoms. The van der Waals surface area contributed by atoms with Gasteiger partial charge in [0.2, 0.25) is 5.91 Å². The van der Waals surface area contributed by atoms with Crippen molar-refractivity contribution in [2.45, 2.75) is 13.3 Å². The van der Waals surface area contributed by atoms with Crippen molar-refractivity contribution >= 4 is 45.4 Å². The van der Waals surface area contributed by atoms with Crippen molar-refractivity contribution in [3.63, 3.8) is 0 Å². The first-order chi connectivity index (χ1) is 14.5. The zero-order chi connectivity index (χ0) is 21.3. The minimum atomic E-state index is -0.437. The second kappa shape index (κ2) is 10.7. The van der Waals surface area contributed by atoms with Gasteiger partial charge in [-0.2, -0.15) is 5.10 Å². The SMILES string of the molecule is CCOc1cc(/C=N\NC(=O)Cc2ccc(Br)cc2)ccc1OC(=O)c1cccs1. The predicted octanol–water partition coefficient (Wildman–Crippen LogP) is 4.82. The van der Waals surface area contributed by atoms with Crippen molar-refractivity contribution in [1.29, 1.82) is 0 Å². The van der Waals surface area contributed by atoms with Crippen LogP contribution in [-0.2, 0) is 11.2 Å². The number of amides is 1. The molecule has 1 heterocycles. The lowest BCUT2D eigenvalue weighted by atomic mass is 10.1. The van der Waals surface area contributed by atoms with E-state index in [1.165, 1.54) is 17.6 Å². The molecule has 3 rings (SSSR count). The van der Waals surface area contributed by atoms with Crippen LogP contribution >= 0.6 is 27.3 Å². The maximum Gasteiger partial charge on any atom is 0.353 e. The van der Waals surface area contributed by atoms with Crippen LogP contribution in [0.5, 0.6) is 11.5 Å². The quantitative estimate of drug-likeness (QED) is 0.214. The number of esters is 1. The maximum absolute atomic E-state index is 12.2. The molecule has 0 bridgehead atoms. The molecule has 0 saturated carbocycles. The van der Waals surface area contributed by atoms with Gasteiger partial charge in [0.15, 0.2) is 11.5 Å². The Morgan fingerprint density at radius 2 is 1.93 bits per heavy atom. The summed E-state index contributed by atoms with van der Waals surface area (Å²) in [6.45, 7) is 2.25. The molecule has 8 heteroatoms. The van der Waals surface area contributed by atoms with Gasteiger partial charge in [-0.05, 0) is 59.8 Å². The lowest BCUT2D eigenvalue weighted by Gasteiger charge is -2.10. The molecule has 0 aliphatic carbocycles. The summed E-state index contributed by atoms with van der Waals surface area (Å²) in [5.41, 5.74) is 4.09. The van der Waals surface area contributed by atoms with Crippen LogP contribution in [0.25, 0.3) is 0 Å². The monoisotopic (exact) mass is 486 g/mol. The molecule has 154 valence electrons. The summed E-state index contributed by atoms with van der Waals surface area (Å²) in [7, 11) is 0. The van der Waals surface area contributed by atoms with E-state index in [0.29, 0.717) is 28.5 Å². The number of carbonyl (C=O) groups is 2. The van der Waals surface area contributed by atoms with E-state index in [-0.39, 0.29) is 12.3 Å². The fourth-order valence-corrected chi connectivity index (χ4v) is 3.37. The summed E-state index contributed by atoms with van der Waals surface area (Å²) in [5.74, 6) is 0.0897.